The molecule has 1 rings (SSSR count). The van der Waals surface area contributed by atoms with Gasteiger partial charge in [-0.3, -0.25) is 0 Å². The minimum atomic E-state index is -4.14. The Balaban J connectivity index is 2.57. The van der Waals surface area contributed by atoms with E-state index in [0.717, 1.165) is 12.1 Å². The molecule has 1 N–H and O–H groups in total. The molecule has 0 spiro atoms. The Kier molecular flexibility index (Phi) is 6.64. The van der Waals surface area contributed by atoms with Gasteiger partial charge in [0.05, 0.1) is 13.7 Å². The predicted octanol–water partition coefficient (Wildman–Crippen LogP) is 3.53. The lowest BCUT2D eigenvalue weighted by Crippen LogP contribution is -2.12. The van der Waals surface area contributed by atoms with Crippen molar-refractivity contribution in [3.05, 3.63) is 23.8 Å². The first-order valence-corrected chi connectivity index (χ1v) is 6.53. The summed E-state index contributed by atoms with van der Waals surface area (Å²) in [4.78, 5) is 0. The fourth-order valence-corrected chi connectivity index (χ4v) is 1.67. The normalized spacial score (nSPS) is 11.4. The lowest BCUT2D eigenvalue weighted by atomic mass is 10.2. The molecule has 3 nitrogen and oxygen atoms in total. The highest BCUT2D eigenvalue weighted by atomic mass is 19.4. The van der Waals surface area contributed by atoms with Crippen molar-refractivity contribution in [1.82, 2.24) is 5.32 Å². The Hall–Kier alpha value is -1.43. The number of hydrogen-bond donors (Lipinski definition) is 1. The maximum Gasteiger partial charge on any atom is 0.389 e. The van der Waals surface area contributed by atoms with E-state index in [1.807, 2.05) is 13.0 Å². The Morgan fingerprint density at radius 1 is 1.20 bits per heavy atom. The summed E-state index contributed by atoms with van der Waals surface area (Å²) in [5, 5.41) is 3.17. The summed E-state index contributed by atoms with van der Waals surface area (Å²) in [6.07, 6.45) is -5.04. The Morgan fingerprint density at radius 2 is 1.95 bits per heavy atom. The molecule has 20 heavy (non-hydrogen) atoms. The predicted molar refractivity (Wildman–Crippen MR) is 71.2 cm³/mol. The monoisotopic (exact) mass is 291 g/mol. The molecule has 0 aromatic heterocycles. The minimum Gasteiger partial charge on any atom is -0.493 e. The maximum absolute atomic E-state index is 12.0. The van der Waals surface area contributed by atoms with Crippen molar-refractivity contribution in [2.45, 2.75) is 32.5 Å². The van der Waals surface area contributed by atoms with Crippen LogP contribution in [0, 0.1) is 0 Å². The molecule has 0 bridgehead atoms. The summed E-state index contributed by atoms with van der Waals surface area (Å²) in [5.74, 6) is 1.00. The van der Waals surface area contributed by atoms with Crippen molar-refractivity contribution in [3.63, 3.8) is 0 Å². The summed E-state index contributed by atoms with van der Waals surface area (Å²) >= 11 is 0. The maximum atomic E-state index is 12.0. The zero-order valence-corrected chi connectivity index (χ0v) is 11.7. The van der Waals surface area contributed by atoms with Gasteiger partial charge in [-0.15, -0.1) is 0 Å². The van der Waals surface area contributed by atoms with Gasteiger partial charge in [-0.25, -0.2) is 0 Å². The second-order valence-corrected chi connectivity index (χ2v) is 4.33. The molecule has 114 valence electrons. The number of benzene rings is 1. The van der Waals surface area contributed by atoms with Crippen LogP contribution in [0.4, 0.5) is 13.2 Å². The number of methoxy groups -OCH3 is 1. The van der Waals surface area contributed by atoms with Crippen molar-refractivity contribution >= 4 is 0 Å². The molecule has 0 aliphatic carbocycles. The largest absolute Gasteiger partial charge is 0.493 e. The van der Waals surface area contributed by atoms with Crippen molar-refractivity contribution < 1.29 is 22.6 Å². The van der Waals surface area contributed by atoms with Gasteiger partial charge in [0.2, 0.25) is 0 Å². The van der Waals surface area contributed by atoms with Crippen molar-refractivity contribution in [2.24, 2.45) is 0 Å². The molecular formula is C14H20F3NO2. The quantitative estimate of drug-likeness (QED) is 0.743. The Morgan fingerprint density at radius 3 is 2.55 bits per heavy atom. The van der Waals surface area contributed by atoms with E-state index in [4.69, 9.17) is 9.47 Å². The molecule has 0 saturated carbocycles. The molecule has 1 aromatic rings. The van der Waals surface area contributed by atoms with Crippen LogP contribution in [0.25, 0.3) is 0 Å². The van der Waals surface area contributed by atoms with Crippen LogP contribution in [0.2, 0.25) is 0 Å². The van der Waals surface area contributed by atoms with Crippen LogP contribution in [0.3, 0.4) is 0 Å². The average Bonchev–Trinajstić information content (AvgIpc) is 2.40. The van der Waals surface area contributed by atoms with E-state index in [9.17, 15) is 13.2 Å². The first-order valence-electron chi connectivity index (χ1n) is 6.53. The zero-order valence-electron chi connectivity index (χ0n) is 11.7. The van der Waals surface area contributed by atoms with E-state index >= 15 is 0 Å². The van der Waals surface area contributed by atoms with Crippen LogP contribution in [0.15, 0.2) is 18.2 Å². The molecule has 0 saturated heterocycles. The standard InChI is InChI=1S/C14H20F3NO2/c1-3-18-10-11-5-6-12(19-2)13(9-11)20-8-4-7-14(15,16)17/h5-6,9,18H,3-4,7-8,10H2,1-2H3. The molecule has 0 aliphatic rings. The van der Waals surface area contributed by atoms with Gasteiger partial charge in [0.15, 0.2) is 11.5 Å². The molecule has 6 heteroatoms. The summed E-state index contributed by atoms with van der Waals surface area (Å²) in [6.45, 7) is 3.53. The Labute approximate surface area is 117 Å². The zero-order chi connectivity index (χ0) is 15.0. The fourth-order valence-electron chi connectivity index (χ4n) is 1.67. The van der Waals surface area contributed by atoms with Crippen LogP contribution in [0.1, 0.15) is 25.3 Å². The van der Waals surface area contributed by atoms with Crippen LogP contribution >= 0.6 is 0 Å². The molecule has 0 fully saturated rings. The SMILES string of the molecule is CCNCc1ccc(OC)c(OCCCC(F)(F)F)c1. The third-order valence-electron chi connectivity index (χ3n) is 2.67. The highest BCUT2D eigenvalue weighted by Crippen LogP contribution is 2.29. The van der Waals surface area contributed by atoms with E-state index in [-0.39, 0.29) is 13.0 Å². The number of halogens is 3. The molecule has 0 amide bonds. The number of nitrogens with one attached hydrogen (secondary N) is 1. The lowest BCUT2D eigenvalue weighted by Gasteiger charge is -2.13. The smallest absolute Gasteiger partial charge is 0.389 e. The van der Waals surface area contributed by atoms with Crippen LogP contribution in [0.5, 0.6) is 11.5 Å². The van der Waals surface area contributed by atoms with Gasteiger partial charge in [0, 0.05) is 13.0 Å². The van der Waals surface area contributed by atoms with E-state index < -0.39 is 12.6 Å². The van der Waals surface area contributed by atoms with Crippen molar-refractivity contribution in [3.8, 4) is 11.5 Å². The highest BCUT2D eigenvalue weighted by Gasteiger charge is 2.26. The van der Waals surface area contributed by atoms with Gasteiger partial charge in [0.1, 0.15) is 0 Å². The molecular weight excluding hydrogens is 271 g/mol. The lowest BCUT2D eigenvalue weighted by molar-refractivity contribution is -0.136. The third kappa shape index (κ3) is 6.14. The number of rotatable bonds is 8. The van der Waals surface area contributed by atoms with E-state index in [1.54, 1.807) is 12.1 Å². The van der Waals surface area contributed by atoms with E-state index in [2.05, 4.69) is 5.32 Å². The number of alkyl halides is 3. The van der Waals surface area contributed by atoms with Gasteiger partial charge < -0.3 is 14.8 Å². The molecule has 0 atom stereocenters. The Bertz CT molecular complexity index is 408. The first kappa shape index (κ1) is 16.6. The van der Waals surface area contributed by atoms with Gasteiger partial charge in [-0.05, 0) is 30.7 Å². The fraction of sp³-hybridized carbons (Fsp3) is 0.571. The van der Waals surface area contributed by atoms with Gasteiger partial charge in [-0.1, -0.05) is 13.0 Å². The topological polar surface area (TPSA) is 30.5 Å². The molecule has 0 heterocycles. The summed E-state index contributed by atoms with van der Waals surface area (Å²) in [5.41, 5.74) is 0.999. The summed E-state index contributed by atoms with van der Waals surface area (Å²) in [7, 11) is 1.50. The van der Waals surface area contributed by atoms with Crippen molar-refractivity contribution in [1.29, 1.82) is 0 Å². The minimum absolute atomic E-state index is 0.0144. The van der Waals surface area contributed by atoms with E-state index in [1.165, 1.54) is 7.11 Å². The summed E-state index contributed by atoms with van der Waals surface area (Å²) < 4.78 is 46.7. The second-order valence-electron chi connectivity index (χ2n) is 4.33. The second kappa shape index (κ2) is 7.99. The molecule has 1 aromatic carbocycles. The van der Waals surface area contributed by atoms with Crippen molar-refractivity contribution in [2.75, 3.05) is 20.3 Å². The molecule has 0 aliphatic heterocycles. The van der Waals surface area contributed by atoms with Gasteiger partial charge in [-0.2, -0.15) is 13.2 Å². The first-order chi connectivity index (χ1) is 9.46. The summed E-state index contributed by atoms with van der Waals surface area (Å²) in [6, 6.07) is 5.44. The molecule has 0 radical (unpaired) electrons. The van der Waals surface area contributed by atoms with Crippen LogP contribution < -0.4 is 14.8 Å². The van der Waals surface area contributed by atoms with Gasteiger partial charge in [0.25, 0.3) is 0 Å². The van der Waals surface area contributed by atoms with E-state index in [0.29, 0.717) is 18.0 Å². The number of hydrogen-bond acceptors (Lipinski definition) is 3. The molecule has 0 unspecified atom stereocenters. The third-order valence-corrected chi connectivity index (χ3v) is 2.67. The average molecular weight is 291 g/mol. The number of ether oxygens (including phenoxy) is 2. The van der Waals surface area contributed by atoms with Crippen LogP contribution in [-0.4, -0.2) is 26.4 Å². The highest BCUT2D eigenvalue weighted by molar-refractivity contribution is 5.42. The van der Waals surface area contributed by atoms with Gasteiger partial charge >= 0.3 is 6.18 Å². The van der Waals surface area contributed by atoms with Crippen LogP contribution in [-0.2, 0) is 6.54 Å².